The van der Waals surface area contributed by atoms with Gasteiger partial charge in [-0.25, -0.2) is 0 Å². The SMILES string of the molecule is CCNCCC1(NC)CCCCC1. The van der Waals surface area contributed by atoms with Gasteiger partial charge in [-0.3, -0.25) is 0 Å². The molecule has 0 radical (unpaired) electrons. The molecule has 0 aliphatic heterocycles. The average Bonchev–Trinajstić information content (AvgIpc) is 2.20. The predicted octanol–water partition coefficient (Wildman–Crippen LogP) is 1.91. The zero-order valence-electron chi connectivity index (χ0n) is 9.16. The third kappa shape index (κ3) is 3.28. The lowest BCUT2D eigenvalue weighted by molar-refractivity contribution is 0.229. The Bertz CT molecular complexity index is 128. The molecule has 0 atom stereocenters. The van der Waals surface area contributed by atoms with Gasteiger partial charge in [-0.2, -0.15) is 0 Å². The summed E-state index contributed by atoms with van der Waals surface area (Å²) in [5.74, 6) is 0. The molecule has 0 aromatic carbocycles. The lowest BCUT2D eigenvalue weighted by Gasteiger charge is -2.37. The molecule has 13 heavy (non-hydrogen) atoms. The molecule has 1 aliphatic rings. The van der Waals surface area contributed by atoms with E-state index in [1.54, 1.807) is 0 Å². The first kappa shape index (κ1) is 11.0. The van der Waals surface area contributed by atoms with Crippen LogP contribution in [0.4, 0.5) is 0 Å². The first-order valence-corrected chi connectivity index (χ1v) is 5.72. The number of hydrogen-bond acceptors (Lipinski definition) is 2. The Morgan fingerprint density at radius 1 is 1.15 bits per heavy atom. The van der Waals surface area contributed by atoms with E-state index in [2.05, 4.69) is 24.6 Å². The van der Waals surface area contributed by atoms with Gasteiger partial charge in [0.15, 0.2) is 0 Å². The minimum Gasteiger partial charge on any atom is -0.317 e. The van der Waals surface area contributed by atoms with Crippen LogP contribution in [0.15, 0.2) is 0 Å². The summed E-state index contributed by atoms with van der Waals surface area (Å²) in [5.41, 5.74) is 0.459. The van der Waals surface area contributed by atoms with E-state index in [1.807, 2.05) is 0 Å². The Kier molecular flexibility index (Phi) is 4.74. The molecule has 78 valence electrons. The lowest BCUT2D eigenvalue weighted by atomic mass is 9.79. The highest BCUT2D eigenvalue weighted by molar-refractivity contribution is 4.89. The van der Waals surface area contributed by atoms with Gasteiger partial charge in [0.25, 0.3) is 0 Å². The highest BCUT2D eigenvalue weighted by atomic mass is 15.0. The van der Waals surface area contributed by atoms with Gasteiger partial charge in [0.05, 0.1) is 0 Å². The molecule has 0 amide bonds. The van der Waals surface area contributed by atoms with E-state index >= 15 is 0 Å². The molecule has 0 aromatic rings. The van der Waals surface area contributed by atoms with Crippen LogP contribution in [0, 0.1) is 0 Å². The minimum absolute atomic E-state index is 0.459. The maximum absolute atomic E-state index is 3.54. The summed E-state index contributed by atoms with van der Waals surface area (Å²) in [4.78, 5) is 0. The van der Waals surface area contributed by atoms with Crippen LogP contribution >= 0.6 is 0 Å². The molecule has 0 unspecified atom stereocenters. The van der Waals surface area contributed by atoms with Crippen LogP contribution in [0.1, 0.15) is 45.4 Å². The van der Waals surface area contributed by atoms with Crippen molar-refractivity contribution in [1.82, 2.24) is 10.6 Å². The van der Waals surface area contributed by atoms with Gasteiger partial charge >= 0.3 is 0 Å². The van der Waals surface area contributed by atoms with Crippen molar-refractivity contribution < 1.29 is 0 Å². The summed E-state index contributed by atoms with van der Waals surface area (Å²) in [7, 11) is 2.12. The Balaban J connectivity index is 2.29. The Hall–Kier alpha value is -0.0800. The molecule has 1 fully saturated rings. The van der Waals surface area contributed by atoms with Crippen molar-refractivity contribution in [3.63, 3.8) is 0 Å². The van der Waals surface area contributed by atoms with Gasteiger partial charge in [0, 0.05) is 5.54 Å². The van der Waals surface area contributed by atoms with Crippen LogP contribution in [-0.4, -0.2) is 25.7 Å². The van der Waals surface area contributed by atoms with Crippen LogP contribution in [0.25, 0.3) is 0 Å². The summed E-state index contributed by atoms with van der Waals surface area (Å²) < 4.78 is 0. The van der Waals surface area contributed by atoms with Crippen molar-refractivity contribution in [2.75, 3.05) is 20.1 Å². The quantitative estimate of drug-likeness (QED) is 0.638. The number of rotatable bonds is 5. The number of hydrogen-bond donors (Lipinski definition) is 2. The van der Waals surface area contributed by atoms with Crippen molar-refractivity contribution in [3.05, 3.63) is 0 Å². The Morgan fingerprint density at radius 3 is 2.38 bits per heavy atom. The molecular weight excluding hydrogens is 160 g/mol. The third-order valence-corrected chi connectivity index (χ3v) is 3.37. The largest absolute Gasteiger partial charge is 0.317 e. The van der Waals surface area contributed by atoms with E-state index in [4.69, 9.17) is 0 Å². The van der Waals surface area contributed by atoms with Gasteiger partial charge in [-0.1, -0.05) is 26.2 Å². The van der Waals surface area contributed by atoms with Crippen LogP contribution in [-0.2, 0) is 0 Å². The second kappa shape index (κ2) is 5.61. The molecule has 1 saturated carbocycles. The van der Waals surface area contributed by atoms with Crippen LogP contribution < -0.4 is 10.6 Å². The molecule has 1 rings (SSSR count). The van der Waals surface area contributed by atoms with Gasteiger partial charge < -0.3 is 10.6 Å². The second-order valence-corrected chi connectivity index (χ2v) is 4.19. The molecule has 2 N–H and O–H groups in total. The Labute approximate surface area is 82.5 Å². The monoisotopic (exact) mass is 184 g/mol. The molecule has 0 saturated heterocycles. The zero-order chi connectivity index (χ0) is 9.57. The van der Waals surface area contributed by atoms with Crippen molar-refractivity contribution in [1.29, 1.82) is 0 Å². The normalized spacial score (nSPS) is 21.7. The highest BCUT2D eigenvalue weighted by Gasteiger charge is 2.29. The van der Waals surface area contributed by atoms with Crippen LogP contribution in [0.2, 0.25) is 0 Å². The molecule has 0 heterocycles. The maximum Gasteiger partial charge on any atom is 0.0190 e. The first-order chi connectivity index (χ1) is 6.33. The predicted molar refractivity (Wildman–Crippen MR) is 58.0 cm³/mol. The molecule has 0 bridgehead atoms. The summed E-state index contributed by atoms with van der Waals surface area (Å²) in [6, 6.07) is 0. The Morgan fingerprint density at radius 2 is 1.85 bits per heavy atom. The smallest absolute Gasteiger partial charge is 0.0190 e. The summed E-state index contributed by atoms with van der Waals surface area (Å²) >= 11 is 0. The fourth-order valence-electron chi connectivity index (χ4n) is 2.36. The van der Waals surface area contributed by atoms with Gasteiger partial charge in [-0.05, 0) is 39.4 Å². The average molecular weight is 184 g/mol. The molecule has 0 aromatic heterocycles. The molecule has 0 spiro atoms. The van der Waals surface area contributed by atoms with E-state index < -0.39 is 0 Å². The van der Waals surface area contributed by atoms with Crippen molar-refractivity contribution >= 4 is 0 Å². The molecule has 1 aliphatic carbocycles. The van der Waals surface area contributed by atoms with Crippen molar-refractivity contribution in [2.24, 2.45) is 0 Å². The first-order valence-electron chi connectivity index (χ1n) is 5.72. The summed E-state index contributed by atoms with van der Waals surface area (Å²) in [5, 5.41) is 6.95. The van der Waals surface area contributed by atoms with Crippen LogP contribution in [0.3, 0.4) is 0 Å². The number of nitrogens with one attached hydrogen (secondary N) is 2. The van der Waals surface area contributed by atoms with Gasteiger partial charge in [0.1, 0.15) is 0 Å². The summed E-state index contributed by atoms with van der Waals surface area (Å²) in [6.07, 6.45) is 8.28. The van der Waals surface area contributed by atoms with Gasteiger partial charge in [0.2, 0.25) is 0 Å². The minimum atomic E-state index is 0.459. The maximum atomic E-state index is 3.54. The second-order valence-electron chi connectivity index (χ2n) is 4.19. The topological polar surface area (TPSA) is 24.1 Å². The van der Waals surface area contributed by atoms with Crippen molar-refractivity contribution in [2.45, 2.75) is 51.0 Å². The fraction of sp³-hybridized carbons (Fsp3) is 1.00. The fourth-order valence-corrected chi connectivity index (χ4v) is 2.36. The lowest BCUT2D eigenvalue weighted by Crippen LogP contribution is -2.46. The third-order valence-electron chi connectivity index (χ3n) is 3.37. The van der Waals surface area contributed by atoms with Crippen LogP contribution in [0.5, 0.6) is 0 Å². The van der Waals surface area contributed by atoms with E-state index in [9.17, 15) is 0 Å². The molecule has 2 nitrogen and oxygen atoms in total. The van der Waals surface area contributed by atoms with E-state index in [0.717, 1.165) is 13.1 Å². The molecule has 2 heteroatoms. The zero-order valence-corrected chi connectivity index (χ0v) is 9.16. The van der Waals surface area contributed by atoms with E-state index in [0.29, 0.717) is 5.54 Å². The standard InChI is InChI=1S/C11H24N2/c1-3-13-10-9-11(12-2)7-5-4-6-8-11/h12-13H,3-10H2,1-2H3. The highest BCUT2D eigenvalue weighted by Crippen LogP contribution is 2.30. The summed E-state index contributed by atoms with van der Waals surface area (Å²) in [6.45, 7) is 4.43. The van der Waals surface area contributed by atoms with E-state index in [1.165, 1.54) is 38.5 Å². The van der Waals surface area contributed by atoms with Crippen molar-refractivity contribution in [3.8, 4) is 0 Å². The van der Waals surface area contributed by atoms with E-state index in [-0.39, 0.29) is 0 Å². The van der Waals surface area contributed by atoms with Gasteiger partial charge in [-0.15, -0.1) is 0 Å². The molecular formula is C11H24N2.